The van der Waals surface area contributed by atoms with E-state index in [2.05, 4.69) is 20.3 Å². The Hall–Kier alpha value is -1.68. The molecular formula is C10H12N4. The Morgan fingerprint density at radius 1 is 1.29 bits per heavy atom. The molecule has 2 aromatic heterocycles. The monoisotopic (exact) mass is 188 g/mol. The van der Waals surface area contributed by atoms with Crippen molar-refractivity contribution in [1.29, 1.82) is 0 Å². The molecule has 0 aromatic carbocycles. The van der Waals surface area contributed by atoms with Gasteiger partial charge in [-0.25, -0.2) is 4.98 Å². The molecule has 0 bridgehead atoms. The van der Waals surface area contributed by atoms with E-state index in [1.54, 1.807) is 12.5 Å². The van der Waals surface area contributed by atoms with Crippen LogP contribution in [0.2, 0.25) is 0 Å². The van der Waals surface area contributed by atoms with E-state index in [4.69, 9.17) is 0 Å². The van der Waals surface area contributed by atoms with E-state index in [9.17, 15) is 0 Å². The van der Waals surface area contributed by atoms with Gasteiger partial charge in [0.05, 0.1) is 12.0 Å². The second-order valence-corrected chi connectivity index (χ2v) is 3.00. The topological polar surface area (TPSA) is 53.6 Å². The van der Waals surface area contributed by atoms with Crippen LogP contribution < -0.4 is 5.32 Å². The number of aromatic nitrogens is 3. The molecule has 0 saturated carbocycles. The zero-order valence-corrected chi connectivity index (χ0v) is 7.77. The molecule has 0 spiro atoms. The average Bonchev–Trinajstić information content (AvgIpc) is 2.72. The molecule has 4 nitrogen and oxygen atoms in total. The fourth-order valence-electron chi connectivity index (χ4n) is 1.21. The van der Waals surface area contributed by atoms with Gasteiger partial charge in [-0.1, -0.05) is 6.07 Å². The number of aromatic amines is 1. The molecule has 0 atom stereocenters. The lowest BCUT2D eigenvalue weighted by Crippen LogP contribution is -2.13. The molecule has 0 unspecified atom stereocenters. The van der Waals surface area contributed by atoms with Gasteiger partial charge in [-0.15, -0.1) is 0 Å². The normalized spacial score (nSPS) is 10.3. The van der Waals surface area contributed by atoms with E-state index in [1.165, 1.54) is 0 Å². The lowest BCUT2D eigenvalue weighted by atomic mass is 10.3. The molecule has 4 heteroatoms. The lowest BCUT2D eigenvalue weighted by Gasteiger charge is -2.01. The van der Waals surface area contributed by atoms with Gasteiger partial charge in [0.25, 0.3) is 0 Å². The Morgan fingerprint density at radius 2 is 2.29 bits per heavy atom. The van der Waals surface area contributed by atoms with Crippen LogP contribution in [0.4, 0.5) is 0 Å². The van der Waals surface area contributed by atoms with E-state index >= 15 is 0 Å². The molecule has 14 heavy (non-hydrogen) atoms. The van der Waals surface area contributed by atoms with E-state index in [0.717, 1.165) is 24.5 Å². The van der Waals surface area contributed by atoms with Crippen LogP contribution in [0, 0.1) is 0 Å². The molecule has 0 radical (unpaired) electrons. The number of nitrogens with one attached hydrogen (secondary N) is 2. The van der Waals surface area contributed by atoms with Gasteiger partial charge in [-0.2, -0.15) is 0 Å². The summed E-state index contributed by atoms with van der Waals surface area (Å²) >= 11 is 0. The van der Waals surface area contributed by atoms with Crippen LogP contribution in [0.25, 0.3) is 0 Å². The van der Waals surface area contributed by atoms with E-state index in [-0.39, 0.29) is 0 Å². The molecule has 0 aliphatic heterocycles. The maximum absolute atomic E-state index is 4.21. The summed E-state index contributed by atoms with van der Waals surface area (Å²) < 4.78 is 0. The Balaban J connectivity index is 1.79. The van der Waals surface area contributed by atoms with Gasteiger partial charge in [0.1, 0.15) is 0 Å². The highest BCUT2D eigenvalue weighted by Crippen LogP contribution is 1.94. The van der Waals surface area contributed by atoms with Gasteiger partial charge in [-0.05, 0) is 12.1 Å². The van der Waals surface area contributed by atoms with Crippen LogP contribution in [-0.2, 0) is 13.1 Å². The van der Waals surface area contributed by atoms with Crippen LogP contribution in [0.15, 0.2) is 36.9 Å². The zero-order chi connectivity index (χ0) is 9.64. The highest BCUT2D eigenvalue weighted by Gasteiger charge is 1.94. The van der Waals surface area contributed by atoms with Crippen LogP contribution >= 0.6 is 0 Å². The minimum atomic E-state index is 0.778. The minimum absolute atomic E-state index is 0.778. The Bertz CT molecular complexity index is 355. The van der Waals surface area contributed by atoms with Crippen molar-refractivity contribution in [1.82, 2.24) is 20.3 Å². The number of pyridine rings is 1. The number of rotatable bonds is 4. The van der Waals surface area contributed by atoms with Crippen LogP contribution in [0.5, 0.6) is 0 Å². The van der Waals surface area contributed by atoms with Gasteiger partial charge in [-0.3, -0.25) is 4.98 Å². The van der Waals surface area contributed by atoms with Crippen molar-refractivity contribution in [2.75, 3.05) is 0 Å². The predicted octanol–water partition coefficient (Wildman–Crippen LogP) is 1.09. The van der Waals surface area contributed by atoms with Gasteiger partial charge < -0.3 is 10.3 Å². The fourth-order valence-corrected chi connectivity index (χ4v) is 1.21. The third kappa shape index (κ3) is 2.40. The summed E-state index contributed by atoms with van der Waals surface area (Å²) in [6, 6.07) is 5.90. The summed E-state index contributed by atoms with van der Waals surface area (Å²) in [7, 11) is 0. The first kappa shape index (κ1) is 8.90. The Morgan fingerprint density at radius 3 is 3.00 bits per heavy atom. The van der Waals surface area contributed by atoms with Crippen molar-refractivity contribution < 1.29 is 0 Å². The van der Waals surface area contributed by atoms with Crippen molar-refractivity contribution in [3.8, 4) is 0 Å². The second-order valence-electron chi connectivity index (χ2n) is 3.00. The van der Waals surface area contributed by atoms with Crippen molar-refractivity contribution in [3.63, 3.8) is 0 Å². The van der Waals surface area contributed by atoms with E-state index in [1.807, 2.05) is 24.4 Å². The van der Waals surface area contributed by atoms with Gasteiger partial charge in [0.2, 0.25) is 0 Å². The van der Waals surface area contributed by atoms with Gasteiger partial charge >= 0.3 is 0 Å². The molecule has 0 aliphatic rings. The van der Waals surface area contributed by atoms with Crippen molar-refractivity contribution in [2.24, 2.45) is 0 Å². The molecule has 72 valence electrons. The first-order valence-corrected chi connectivity index (χ1v) is 4.53. The zero-order valence-electron chi connectivity index (χ0n) is 7.77. The summed E-state index contributed by atoms with van der Waals surface area (Å²) in [5.74, 6) is 0. The number of hydrogen-bond acceptors (Lipinski definition) is 3. The molecule has 2 rings (SSSR count). The average molecular weight is 188 g/mol. The molecule has 2 aromatic rings. The molecular weight excluding hydrogens is 176 g/mol. The highest BCUT2D eigenvalue weighted by atomic mass is 14.9. The molecule has 0 fully saturated rings. The van der Waals surface area contributed by atoms with E-state index < -0.39 is 0 Å². The molecule has 0 amide bonds. The summed E-state index contributed by atoms with van der Waals surface area (Å²) in [6.07, 6.45) is 5.29. The Labute approximate surface area is 82.4 Å². The highest BCUT2D eigenvalue weighted by molar-refractivity contribution is 5.03. The number of H-pyrrole nitrogens is 1. The van der Waals surface area contributed by atoms with Crippen LogP contribution in [0.1, 0.15) is 11.4 Å². The summed E-state index contributed by atoms with van der Waals surface area (Å²) in [5.41, 5.74) is 2.13. The maximum atomic E-state index is 4.21. The molecule has 2 heterocycles. The molecule has 2 N–H and O–H groups in total. The first-order chi connectivity index (χ1) is 6.95. The first-order valence-electron chi connectivity index (χ1n) is 4.53. The second kappa shape index (κ2) is 4.53. The number of hydrogen-bond donors (Lipinski definition) is 2. The van der Waals surface area contributed by atoms with Crippen molar-refractivity contribution in [2.45, 2.75) is 13.1 Å². The summed E-state index contributed by atoms with van der Waals surface area (Å²) in [4.78, 5) is 11.2. The largest absolute Gasteiger partial charge is 0.347 e. The van der Waals surface area contributed by atoms with Crippen LogP contribution in [-0.4, -0.2) is 15.0 Å². The maximum Gasteiger partial charge on any atom is 0.0922 e. The molecule has 0 aliphatic carbocycles. The molecule has 0 saturated heterocycles. The lowest BCUT2D eigenvalue weighted by molar-refractivity contribution is 0.670. The number of nitrogens with zero attached hydrogens (tertiary/aromatic N) is 2. The fraction of sp³-hybridized carbons (Fsp3) is 0.200. The van der Waals surface area contributed by atoms with Crippen LogP contribution in [0.3, 0.4) is 0 Å². The number of imidazole rings is 1. The standard InChI is InChI=1S/C10H12N4/c1-2-4-13-9(3-1)5-11-6-10-7-12-8-14-10/h1-4,7-8,11H,5-6H2,(H,12,14). The summed E-state index contributed by atoms with van der Waals surface area (Å²) in [5, 5.41) is 3.27. The van der Waals surface area contributed by atoms with Gasteiger partial charge in [0, 0.05) is 31.2 Å². The smallest absolute Gasteiger partial charge is 0.0922 e. The quantitative estimate of drug-likeness (QED) is 0.755. The third-order valence-corrected chi connectivity index (χ3v) is 1.90. The SMILES string of the molecule is c1ccc(CNCc2cnc[nH]2)nc1. The third-order valence-electron chi connectivity index (χ3n) is 1.90. The predicted molar refractivity (Wildman–Crippen MR) is 53.4 cm³/mol. The van der Waals surface area contributed by atoms with E-state index in [0.29, 0.717) is 0 Å². The minimum Gasteiger partial charge on any atom is -0.347 e. The Kier molecular flexibility index (Phi) is 2.88. The summed E-state index contributed by atoms with van der Waals surface area (Å²) in [6.45, 7) is 1.57. The van der Waals surface area contributed by atoms with Crippen molar-refractivity contribution in [3.05, 3.63) is 48.3 Å². The van der Waals surface area contributed by atoms with Gasteiger partial charge in [0.15, 0.2) is 0 Å². The van der Waals surface area contributed by atoms with Crippen molar-refractivity contribution >= 4 is 0 Å².